The molecule has 7 nitrogen and oxygen atoms in total. The van der Waals surface area contributed by atoms with Gasteiger partial charge in [-0.3, -0.25) is 19.4 Å². The maximum atomic E-state index is 12.7. The first kappa shape index (κ1) is 19.8. The van der Waals surface area contributed by atoms with Crippen LogP contribution in [-0.2, 0) is 14.4 Å². The molecular weight excluding hydrogens is 378 g/mol. The van der Waals surface area contributed by atoms with Crippen molar-refractivity contribution in [1.29, 1.82) is 0 Å². The van der Waals surface area contributed by atoms with Crippen molar-refractivity contribution in [2.75, 3.05) is 13.1 Å². The average Bonchev–Trinajstić information content (AvgIpc) is 3.08. The molecule has 2 aromatic rings. The largest absolute Gasteiger partial charge is 0.480 e. The van der Waals surface area contributed by atoms with Crippen molar-refractivity contribution in [3.8, 4) is 0 Å². The van der Waals surface area contributed by atoms with Crippen LogP contribution in [-0.4, -0.2) is 55.5 Å². The molecule has 146 valence electrons. The standard InChI is InChI=1S/C20H21N3O4S/c1-4-21-17(24)15(18(25)22(5-2)20(21)28)11-13-6-7-16-14(10-13)8-9-23(16)12(3)19(26)27/h6-12H,4-5H2,1-3H3,(H,26,27)/t12-/m0/s1. The van der Waals surface area contributed by atoms with Crippen LogP contribution in [0.1, 0.15) is 32.4 Å². The quantitative estimate of drug-likeness (QED) is 0.475. The number of hydrogen-bond donors (Lipinski definition) is 1. The molecule has 1 aliphatic heterocycles. The van der Waals surface area contributed by atoms with E-state index in [1.54, 1.807) is 35.9 Å². The summed E-state index contributed by atoms with van der Waals surface area (Å²) in [5.74, 6) is -1.73. The fraction of sp³-hybridized carbons (Fsp3) is 0.300. The zero-order valence-electron chi connectivity index (χ0n) is 15.9. The van der Waals surface area contributed by atoms with Crippen LogP contribution in [0.4, 0.5) is 0 Å². The van der Waals surface area contributed by atoms with Crippen molar-refractivity contribution in [3.05, 3.63) is 41.6 Å². The number of carbonyl (C=O) groups excluding carboxylic acids is 2. The van der Waals surface area contributed by atoms with Crippen LogP contribution < -0.4 is 0 Å². The molecular formula is C20H21N3O4S. The first-order valence-corrected chi connectivity index (χ1v) is 9.43. The number of carboxylic acid groups (broad SMARTS) is 1. The summed E-state index contributed by atoms with van der Waals surface area (Å²) in [6, 6.07) is 6.50. The monoisotopic (exact) mass is 399 g/mol. The topological polar surface area (TPSA) is 82.9 Å². The SMILES string of the molecule is CCN1C(=O)C(=Cc2ccc3c(ccn3[C@@H](C)C(=O)O)c2)C(=O)N(CC)C1=S. The Morgan fingerprint density at radius 3 is 2.29 bits per heavy atom. The number of carboxylic acids is 1. The molecule has 1 saturated heterocycles. The van der Waals surface area contributed by atoms with Gasteiger partial charge in [-0.05, 0) is 62.8 Å². The van der Waals surface area contributed by atoms with Gasteiger partial charge >= 0.3 is 5.97 Å². The Morgan fingerprint density at radius 1 is 1.14 bits per heavy atom. The van der Waals surface area contributed by atoms with Crippen LogP contribution >= 0.6 is 12.2 Å². The summed E-state index contributed by atoms with van der Waals surface area (Å²) in [5, 5.41) is 10.3. The van der Waals surface area contributed by atoms with Crippen molar-refractivity contribution in [1.82, 2.24) is 14.4 Å². The lowest BCUT2D eigenvalue weighted by molar-refractivity contribution is -0.140. The van der Waals surface area contributed by atoms with Gasteiger partial charge in [-0.25, -0.2) is 4.79 Å². The zero-order chi connectivity index (χ0) is 20.6. The third-order valence-corrected chi connectivity index (χ3v) is 5.32. The molecule has 1 N–H and O–H groups in total. The molecule has 0 bridgehead atoms. The van der Waals surface area contributed by atoms with E-state index in [4.69, 9.17) is 12.2 Å². The minimum absolute atomic E-state index is 0.0648. The highest BCUT2D eigenvalue weighted by Gasteiger charge is 2.37. The summed E-state index contributed by atoms with van der Waals surface area (Å²) in [6.07, 6.45) is 3.28. The van der Waals surface area contributed by atoms with Gasteiger partial charge in [0.05, 0.1) is 0 Å². The van der Waals surface area contributed by atoms with E-state index >= 15 is 0 Å². The second-order valence-corrected chi connectivity index (χ2v) is 6.86. The number of rotatable bonds is 5. The number of aromatic nitrogens is 1. The summed E-state index contributed by atoms with van der Waals surface area (Å²) in [4.78, 5) is 39.5. The van der Waals surface area contributed by atoms with Gasteiger partial charge in [0.2, 0.25) is 0 Å². The zero-order valence-corrected chi connectivity index (χ0v) is 16.7. The van der Waals surface area contributed by atoms with Gasteiger partial charge in [-0.15, -0.1) is 0 Å². The summed E-state index contributed by atoms with van der Waals surface area (Å²) in [7, 11) is 0. The van der Waals surface area contributed by atoms with E-state index < -0.39 is 23.8 Å². The summed E-state index contributed by atoms with van der Waals surface area (Å²) in [6.45, 7) is 5.99. The van der Waals surface area contributed by atoms with E-state index in [0.29, 0.717) is 18.7 Å². The molecule has 1 aromatic heterocycles. The van der Waals surface area contributed by atoms with Crippen LogP contribution in [0.2, 0.25) is 0 Å². The van der Waals surface area contributed by atoms with Crippen molar-refractivity contribution in [2.45, 2.75) is 26.8 Å². The van der Waals surface area contributed by atoms with Crippen LogP contribution in [0.15, 0.2) is 36.0 Å². The Hall–Kier alpha value is -3.00. The second-order valence-electron chi connectivity index (χ2n) is 6.49. The normalized spacial score (nSPS) is 16.1. The molecule has 1 aromatic carbocycles. The summed E-state index contributed by atoms with van der Waals surface area (Å²) < 4.78 is 1.67. The molecule has 1 aliphatic rings. The maximum absolute atomic E-state index is 12.7. The van der Waals surface area contributed by atoms with Crippen molar-refractivity contribution < 1.29 is 19.5 Å². The number of fused-ring (bicyclic) bond motifs is 1. The van der Waals surface area contributed by atoms with Gasteiger partial charge in [0.1, 0.15) is 11.6 Å². The molecule has 2 amide bonds. The number of amides is 2. The van der Waals surface area contributed by atoms with Crippen LogP contribution in [0.25, 0.3) is 17.0 Å². The van der Waals surface area contributed by atoms with Crippen molar-refractivity contribution >= 4 is 52.1 Å². The van der Waals surface area contributed by atoms with Gasteiger partial charge in [-0.1, -0.05) is 6.07 Å². The third kappa shape index (κ3) is 3.20. The number of aliphatic carboxylic acids is 1. The average molecular weight is 399 g/mol. The molecule has 28 heavy (non-hydrogen) atoms. The number of likely N-dealkylation sites (N-methyl/N-ethyl adjacent to an activating group) is 2. The Kier molecular flexibility index (Phi) is 5.33. The number of carbonyl (C=O) groups is 3. The Bertz CT molecular complexity index is 996. The molecule has 8 heteroatoms. The van der Waals surface area contributed by atoms with E-state index in [2.05, 4.69) is 0 Å². The minimum Gasteiger partial charge on any atom is -0.480 e. The Balaban J connectivity index is 2.03. The molecule has 1 fully saturated rings. The van der Waals surface area contributed by atoms with E-state index in [9.17, 15) is 19.5 Å². The molecule has 1 atom stereocenters. The Labute approximate surface area is 167 Å². The molecule has 0 aliphatic carbocycles. The Morgan fingerprint density at radius 2 is 1.75 bits per heavy atom. The molecule has 0 unspecified atom stereocenters. The molecule has 2 heterocycles. The van der Waals surface area contributed by atoms with Crippen molar-refractivity contribution in [2.24, 2.45) is 0 Å². The van der Waals surface area contributed by atoms with Gasteiger partial charge in [0.25, 0.3) is 11.8 Å². The van der Waals surface area contributed by atoms with Crippen LogP contribution in [0, 0.1) is 0 Å². The van der Waals surface area contributed by atoms with E-state index in [1.807, 2.05) is 26.0 Å². The first-order valence-electron chi connectivity index (χ1n) is 9.02. The van der Waals surface area contributed by atoms with Gasteiger partial charge in [0.15, 0.2) is 5.11 Å². The van der Waals surface area contributed by atoms with Crippen LogP contribution in [0.5, 0.6) is 0 Å². The highest BCUT2D eigenvalue weighted by molar-refractivity contribution is 7.80. The number of nitrogens with zero attached hydrogens (tertiary/aromatic N) is 3. The fourth-order valence-corrected chi connectivity index (χ4v) is 3.70. The summed E-state index contributed by atoms with van der Waals surface area (Å²) in [5.41, 5.74) is 1.52. The van der Waals surface area contributed by atoms with Gasteiger partial charge < -0.3 is 9.67 Å². The lowest BCUT2D eigenvalue weighted by Crippen LogP contribution is -2.55. The maximum Gasteiger partial charge on any atom is 0.326 e. The van der Waals surface area contributed by atoms with Gasteiger partial charge in [-0.2, -0.15) is 0 Å². The lowest BCUT2D eigenvalue weighted by atomic mass is 10.1. The molecule has 0 radical (unpaired) electrons. The second kappa shape index (κ2) is 7.55. The fourth-order valence-electron chi connectivity index (χ4n) is 3.28. The molecule has 0 saturated carbocycles. The van der Waals surface area contributed by atoms with Gasteiger partial charge in [0, 0.05) is 30.2 Å². The highest BCUT2D eigenvalue weighted by atomic mass is 32.1. The summed E-state index contributed by atoms with van der Waals surface area (Å²) >= 11 is 5.26. The molecule has 3 rings (SSSR count). The van der Waals surface area contributed by atoms with E-state index in [1.165, 1.54) is 9.80 Å². The number of thiocarbonyl (C=S) groups is 1. The predicted octanol–water partition coefficient (Wildman–Crippen LogP) is 2.67. The minimum atomic E-state index is -0.919. The van der Waals surface area contributed by atoms with Crippen molar-refractivity contribution in [3.63, 3.8) is 0 Å². The first-order chi connectivity index (χ1) is 13.3. The highest BCUT2D eigenvalue weighted by Crippen LogP contribution is 2.25. The smallest absolute Gasteiger partial charge is 0.326 e. The predicted molar refractivity (Wildman–Crippen MR) is 110 cm³/mol. The third-order valence-electron chi connectivity index (χ3n) is 4.88. The van der Waals surface area contributed by atoms with E-state index in [-0.39, 0.29) is 10.7 Å². The lowest BCUT2D eigenvalue weighted by Gasteiger charge is -2.35. The van der Waals surface area contributed by atoms with Crippen LogP contribution in [0.3, 0.4) is 0 Å². The number of hydrogen-bond acceptors (Lipinski definition) is 4. The number of benzene rings is 1. The van der Waals surface area contributed by atoms with E-state index in [0.717, 1.165) is 10.9 Å². The molecule has 0 spiro atoms.